The van der Waals surface area contributed by atoms with E-state index in [0.717, 1.165) is 12.8 Å². The van der Waals surface area contributed by atoms with Gasteiger partial charge >= 0.3 is 0 Å². The molecule has 0 saturated carbocycles. The molecule has 0 aliphatic carbocycles. The number of piperidine rings is 1. The van der Waals surface area contributed by atoms with Gasteiger partial charge < -0.3 is 21.7 Å². The summed E-state index contributed by atoms with van der Waals surface area (Å²) in [6, 6.07) is 0. The molecule has 2 rings (SSSR count). The molecule has 0 atom stereocenters. The number of aromatic nitrogens is 1. The Kier molecular flexibility index (Phi) is 4.43. The highest BCUT2D eigenvalue weighted by molar-refractivity contribution is 7.18. The van der Waals surface area contributed by atoms with Crippen LogP contribution in [0.4, 0.5) is 10.9 Å². The zero-order chi connectivity index (χ0) is 14.7. The van der Waals surface area contributed by atoms with Gasteiger partial charge in [-0.25, -0.2) is 4.98 Å². The van der Waals surface area contributed by atoms with Crippen LogP contribution in [0.3, 0.4) is 0 Å². The number of rotatable bonds is 4. The van der Waals surface area contributed by atoms with E-state index < -0.39 is 0 Å². The van der Waals surface area contributed by atoms with Crippen LogP contribution in [0, 0.1) is 5.92 Å². The Balaban J connectivity index is 1.97. The smallest absolute Gasteiger partial charge is 0.267 e. The molecule has 8 heteroatoms. The van der Waals surface area contributed by atoms with E-state index in [1.54, 1.807) is 11.9 Å². The van der Waals surface area contributed by atoms with E-state index in [1.807, 2.05) is 0 Å². The number of amides is 2. The average Bonchev–Trinajstić information content (AvgIpc) is 2.79. The third kappa shape index (κ3) is 3.19. The number of nitrogens with one attached hydrogen (secondary N) is 1. The van der Waals surface area contributed by atoms with Crippen LogP contribution in [0.15, 0.2) is 0 Å². The number of nitrogens with two attached hydrogens (primary N) is 2. The second kappa shape index (κ2) is 6.08. The third-order valence-corrected chi connectivity index (χ3v) is 4.53. The van der Waals surface area contributed by atoms with Gasteiger partial charge in [0.1, 0.15) is 10.7 Å². The molecule has 1 aliphatic heterocycles. The van der Waals surface area contributed by atoms with Crippen LogP contribution in [0.2, 0.25) is 0 Å². The maximum absolute atomic E-state index is 12.4. The molecule has 0 radical (unpaired) electrons. The normalized spacial score (nSPS) is 16.1. The van der Waals surface area contributed by atoms with Gasteiger partial charge in [-0.3, -0.25) is 9.59 Å². The lowest BCUT2D eigenvalue weighted by Gasteiger charge is -2.31. The minimum absolute atomic E-state index is 0.0842. The van der Waals surface area contributed by atoms with Gasteiger partial charge in [0, 0.05) is 26.6 Å². The number of primary amides is 1. The summed E-state index contributed by atoms with van der Waals surface area (Å²) < 4.78 is 0. The van der Waals surface area contributed by atoms with Crippen LogP contribution in [-0.2, 0) is 4.79 Å². The Morgan fingerprint density at radius 2 is 2.10 bits per heavy atom. The van der Waals surface area contributed by atoms with Crippen molar-refractivity contribution in [1.29, 1.82) is 0 Å². The van der Waals surface area contributed by atoms with E-state index in [9.17, 15) is 9.59 Å². The van der Waals surface area contributed by atoms with Crippen LogP contribution in [0.1, 0.15) is 28.9 Å². The molecule has 2 amide bonds. The molecule has 0 spiro atoms. The molecule has 1 aromatic rings. The highest BCUT2D eigenvalue weighted by Crippen LogP contribution is 2.28. The fourth-order valence-corrected chi connectivity index (χ4v) is 3.17. The second-order valence-corrected chi connectivity index (χ2v) is 5.89. The third-order valence-electron chi connectivity index (χ3n) is 3.45. The van der Waals surface area contributed by atoms with E-state index in [1.165, 1.54) is 11.3 Å². The van der Waals surface area contributed by atoms with Gasteiger partial charge in [-0.2, -0.15) is 0 Å². The van der Waals surface area contributed by atoms with E-state index in [4.69, 9.17) is 11.5 Å². The monoisotopic (exact) mass is 297 g/mol. The number of thiazole rings is 1. The Morgan fingerprint density at radius 3 is 2.60 bits per heavy atom. The maximum Gasteiger partial charge on any atom is 0.267 e. The molecule has 1 aliphatic rings. The molecule has 1 saturated heterocycles. The van der Waals surface area contributed by atoms with Crippen molar-refractivity contribution in [1.82, 2.24) is 9.88 Å². The van der Waals surface area contributed by atoms with Crippen LogP contribution in [0.5, 0.6) is 0 Å². The Labute approximate surface area is 121 Å². The zero-order valence-corrected chi connectivity index (χ0v) is 12.2. The van der Waals surface area contributed by atoms with Gasteiger partial charge in [0.15, 0.2) is 5.13 Å². The van der Waals surface area contributed by atoms with Crippen molar-refractivity contribution >= 4 is 34.1 Å². The van der Waals surface area contributed by atoms with Crippen LogP contribution < -0.4 is 16.8 Å². The minimum atomic E-state index is -0.278. The van der Waals surface area contributed by atoms with Crippen molar-refractivity contribution in [3.63, 3.8) is 0 Å². The lowest BCUT2D eigenvalue weighted by Crippen LogP contribution is -2.39. The van der Waals surface area contributed by atoms with Crippen LogP contribution in [0.25, 0.3) is 0 Å². The highest BCUT2D eigenvalue weighted by Gasteiger charge is 2.27. The first kappa shape index (κ1) is 14.6. The number of likely N-dealkylation sites (tertiary alicyclic amines) is 1. The lowest BCUT2D eigenvalue weighted by molar-refractivity contribution is -0.119. The molecule has 0 unspecified atom stereocenters. The summed E-state index contributed by atoms with van der Waals surface area (Å²) in [6.45, 7) is 1.26. The number of anilines is 2. The molecular weight excluding hydrogens is 278 g/mol. The predicted molar refractivity (Wildman–Crippen MR) is 78.5 cm³/mol. The van der Waals surface area contributed by atoms with Gasteiger partial charge in [-0.05, 0) is 18.8 Å². The fraction of sp³-hybridized carbons (Fsp3) is 0.583. The van der Waals surface area contributed by atoms with Gasteiger partial charge in [-0.1, -0.05) is 11.3 Å². The van der Waals surface area contributed by atoms with Crippen molar-refractivity contribution < 1.29 is 9.59 Å². The number of nitrogens with zero attached hydrogens (tertiary/aromatic N) is 2. The summed E-state index contributed by atoms with van der Waals surface area (Å²) in [5.74, 6) is 0.186. The van der Waals surface area contributed by atoms with Crippen molar-refractivity contribution in [3.8, 4) is 0 Å². The van der Waals surface area contributed by atoms with Gasteiger partial charge in [0.05, 0.1) is 0 Å². The standard InChI is InChI=1S/C12H19N5O2S/c1-15-12-16-10(14)9(20-12)11(19)17-4-2-7(3-5-17)6-8(13)18/h7H,2-6,14H2,1H3,(H2,13,18)(H,15,16). The van der Waals surface area contributed by atoms with Crippen molar-refractivity contribution in [2.24, 2.45) is 11.7 Å². The fourth-order valence-electron chi connectivity index (χ4n) is 2.36. The Bertz CT molecular complexity index is 508. The van der Waals surface area contributed by atoms with E-state index in [2.05, 4.69) is 10.3 Å². The van der Waals surface area contributed by atoms with Crippen LogP contribution in [-0.4, -0.2) is 41.8 Å². The van der Waals surface area contributed by atoms with Gasteiger partial charge in [0.2, 0.25) is 5.91 Å². The summed E-state index contributed by atoms with van der Waals surface area (Å²) >= 11 is 1.26. The van der Waals surface area contributed by atoms with E-state index >= 15 is 0 Å². The molecule has 1 fully saturated rings. The van der Waals surface area contributed by atoms with Gasteiger partial charge in [0.25, 0.3) is 5.91 Å². The molecule has 0 aromatic carbocycles. The minimum Gasteiger partial charge on any atom is -0.382 e. The first-order valence-electron chi connectivity index (χ1n) is 6.53. The van der Waals surface area contributed by atoms with E-state index in [-0.39, 0.29) is 23.6 Å². The molecule has 1 aromatic heterocycles. The maximum atomic E-state index is 12.4. The summed E-state index contributed by atoms with van der Waals surface area (Å²) in [4.78, 5) is 29.6. The quantitative estimate of drug-likeness (QED) is 0.748. The molecule has 2 heterocycles. The molecule has 5 N–H and O–H groups in total. The lowest BCUT2D eigenvalue weighted by atomic mass is 9.93. The number of hydrogen-bond donors (Lipinski definition) is 3. The topological polar surface area (TPSA) is 114 Å². The Morgan fingerprint density at radius 1 is 1.45 bits per heavy atom. The molecule has 7 nitrogen and oxygen atoms in total. The summed E-state index contributed by atoms with van der Waals surface area (Å²) in [7, 11) is 1.74. The van der Waals surface area contributed by atoms with E-state index in [0.29, 0.717) is 29.5 Å². The first-order chi connectivity index (χ1) is 9.51. The summed E-state index contributed by atoms with van der Waals surface area (Å²) in [6.07, 6.45) is 1.99. The zero-order valence-electron chi connectivity index (χ0n) is 11.4. The molecule has 20 heavy (non-hydrogen) atoms. The summed E-state index contributed by atoms with van der Waals surface area (Å²) in [5.41, 5.74) is 11.0. The molecular formula is C12H19N5O2S. The SMILES string of the molecule is CNc1nc(N)c(C(=O)N2CCC(CC(N)=O)CC2)s1. The summed E-state index contributed by atoms with van der Waals surface area (Å²) in [5, 5.41) is 3.51. The van der Waals surface area contributed by atoms with Crippen LogP contribution >= 0.6 is 11.3 Å². The number of carbonyl (C=O) groups is 2. The average molecular weight is 297 g/mol. The van der Waals surface area contributed by atoms with Crippen molar-refractivity contribution in [2.75, 3.05) is 31.2 Å². The first-order valence-corrected chi connectivity index (χ1v) is 7.34. The highest BCUT2D eigenvalue weighted by atomic mass is 32.1. The second-order valence-electron chi connectivity index (χ2n) is 4.89. The number of carbonyl (C=O) groups excluding carboxylic acids is 2. The number of hydrogen-bond acceptors (Lipinski definition) is 6. The van der Waals surface area contributed by atoms with Gasteiger partial charge in [-0.15, -0.1) is 0 Å². The molecule has 0 bridgehead atoms. The largest absolute Gasteiger partial charge is 0.382 e. The number of nitrogen functional groups attached to an aromatic ring is 1. The molecule has 110 valence electrons. The van der Waals surface area contributed by atoms with Crippen molar-refractivity contribution in [2.45, 2.75) is 19.3 Å². The Hall–Kier alpha value is -1.83. The van der Waals surface area contributed by atoms with Crippen molar-refractivity contribution in [3.05, 3.63) is 4.88 Å². The predicted octanol–water partition coefficient (Wildman–Crippen LogP) is 0.495.